The molecule has 0 aliphatic heterocycles. The van der Waals surface area contributed by atoms with Crippen molar-refractivity contribution >= 4 is 29.3 Å². The average Bonchev–Trinajstić information content (AvgIpc) is 2.27. The molecule has 0 radical (unpaired) electrons. The van der Waals surface area contributed by atoms with Crippen molar-refractivity contribution in [2.45, 2.75) is 5.16 Å². The lowest BCUT2D eigenvalue weighted by Gasteiger charge is -2.07. The van der Waals surface area contributed by atoms with Gasteiger partial charge in [-0.05, 0) is 6.26 Å². The standard InChI is InChI=1S/C9H15N5O2S/c1-17-9-13-6(10)4-8(14-9)12-2-3-16-5-7(11)15/h4H,2-3,5H2,1H3,(H2,11,15)(H3,10,12,13,14). The zero-order chi connectivity index (χ0) is 12.7. The molecule has 1 amide bonds. The molecule has 1 aromatic heterocycles. The van der Waals surface area contributed by atoms with Gasteiger partial charge in [-0.2, -0.15) is 0 Å². The van der Waals surface area contributed by atoms with E-state index in [1.54, 1.807) is 6.07 Å². The third-order valence-electron chi connectivity index (χ3n) is 1.70. The normalized spacial score (nSPS) is 10.2. The van der Waals surface area contributed by atoms with Crippen LogP contribution in [-0.4, -0.2) is 41.9 Å². The number of nitrogens with zero attached hydrogens (tertiary/aromatic N) is 2. The minimum Gasteiger partial charge on any atom is -0.383 e. The lowest BCUT2D eigenvalue weighted by Crippen LogP contribution is -2.20. The number of hydrogen-bond acceptors (Lipinski definition) is 7. The lowest BCUT2D eigenvalue weighted by molar-refractivity contribution is -0.122. The first-order chi connectivity index (χ1) is 8.11. The third kappa shape index (κ3) is 5.36. The summed E-state index contributed by atoms with van der Waals surface area (Å²) in [6.45, 7) is 0.794. The number of nitrogens with two attached hydrogens (primary N) is 2. The van der Waals surface area contributed by atoms with E-state index in [4.69, 9.17) is 16.2 Å². The van der Waals surface area contributed by atoms with Crippen LogP contribution >= 0.6 is 11.8 Å². The van der Waals surface area contributed by atoms with E-state index in [1.807, 2.05) is 6.26 Å². The van der Waals surface area contributed by atoms with Crippen molar-refractivity contribution in [2.24, 2.45) is 5.73 Å². The fourth-order valence-electron chi connectivity index (χ4n) is 1.05. The quantitative estimate of drug-likeness (QED) is 0.348. The molecular weight excluding hydrogens is 242 g/mol. The molecule has 94 valence electrons. The van der Waals surface area contributed by atoms with E-state index in [0.29, 0.717) is 29.9 Å². The summed E-state index contributed by atoms with van der Waals surface area (Å²) in [6.07, 6.45) is 1.87. The van der Waals surface area contributed by atoms with Gasteiger partial charge in [0.1, 0.15) is 18.2 Å². The Labute approximate surface area is 103 Å². The molecule has 7 nitrogen and oxygen atoms in total. The molecule has 17 heavy (non-hydrogen) atoms. The number of primary amides is 1. The number of nitrogens with one attached hydrogen (secondary N) is 1. The Balaban J connectivity index is 2.36. The number of aromatic nitrogens is 2. The van der Waals surface area contributed by atoms with Crippen LogP contribution in [-0.2, 0) is 9.53 Å². The fourth-order valence-corrected chi connectivity index (χ4v) is 1.44. The maximum absolute atomic E-state index is 10.4. The van der Waals surface area contributed by atoms with Gasteiger partial charge in [0.25, 0.3) is 0 Å². The van der Waals surface area contributed by atoms with Crippen LogP contribution in [0.5, 0.6) is 0 Å². The number of ether oxygens (including phenoxy) is 1. The first-order valence-corrected chi connectivity index (χ1v) is 6.12. The van der Waals surface area contributed by atoms with Crippen LogP contribution in [0.25, 0.3) is 0 Å². The summed E-state index contributed by atoms with van der Waals surface area (Å²) >= 11 is 1.41. The van der Waals surface area contributed by atoms with Crippen LogP contribution in [0.4, 0.5) is 11.6 Å². The van der Waals surface area contributed by atoms with Crippen molar-refractivity contribution in [3.05, 3.63) is 6.07 Å². The van der Waals surface area contributed by atoms with E-state index in [2.05, 4.69) is 15.3 Å². The molecule has 0 aliphatic carbocycles. The summed E-state index contributed by atoms with van der Waals surface area (Å²) in [4.78, 5) is 18.6. The SMILES string of the molecule is CSc1nc(N)cc(NCCOCC(N)=O)n1. The lowest BCUT2D eigenvalue weighted by atomic mass is 10.5. The van der Waals surface area contributed by atoms with E-state index in [0.717, 1.165) is 0 Å². The Morgan fingerprint density at radius 2 is 2.35 bits per heavy atom. The molecular formula is C9H15N5O2S. The molecule has 5 N–H and O–H groups in total. The van der Waals surface area contributed by atoms with Crippen LogP contribution < -0.4 is 16.8 Å². The Bertz CT molecular complexity index is 388. The van der Waals surface area contributed by atoms with E-state index >= 15 is 0 Å². The molecule has 1 aromatic rings. The summed E-state index contributed by atoms with van der Waals surface area (Å²) in [5, 5.41) is 3.61. The first kappa shape index (κ1) is 13.5. The van der Waals surface area contributed by atoms with Crippen molar-refractivity contribution in [2.75, 3.05) is 37.1 Å². The van der Waals surface area contributed by atoms with Gasteiger partial charge < -0.3 is 21.5 Å². The molecule has 0 spiro atoms. The molecule has 0 aliphatic rings. The predicted molar refractivity (Wildman–Crippen MR) is 66.7 cm³/mol. The van der Waals surface area contributed by atoms with Gasteiger partial charge in [0, 0.05) is 12.6 Å². The first-order valence-electron chi connectivity index (χ1n) is 4.90. The van der Waals surface area contributed by atoms with E-state index < -0.39 is 5.91 Å². The van der Waals surface area contributed by atoms with E-state index in [-0.39, 0.29) is 6.61 Å². The van der Waals surface area contributed by atoms with Gasteiger partial charge in [-0.1, -0.05) is 11.8 Å². The summed E-state index contributed by atoms with van der Waals surface area (Å²) in [6, 6.07) is 1.63. The van der Waals surface area contributed by atoms with Gasteiger partial charge >= 0.3 is 0 Å². The Hall–Kier alpha value is -1.54. The van der Waals surface area contributed by atoms with E-state index in [1.165, 1.54) is 11.8 Å². The van der Waals surface area contributed by atoms with Crippen LogP contribution in [0.1, 0.15) is 0 Å². The highest BCUT2D eigenvalue weighted by Crippen LogP contribution is 2.14. The summed E-state index contributed by atoms with van der Waals surface area (Å²) < 4.78 is 4.99. The van der Waals surface area contributed by atoms with Crippen molar-refractivity contribution in [3.63, 3.8) is 0 Å². The minimum atomic E-state index is -0.485. The highest BCUT2D eigenvalue weighted by molar-refractivity contribution is 7.98. The predicted octanol–water partition coefficient (Wildman–Crippen LogP) is -0.306. The van der Waals surface area contributed by atoms with Crippen molar-refractivity contribution in [3.8, 4) is 0 Å². The van der Waals surface area contributed by atoms with Crippen molar-refractivity contribution in [1.82, 2.24) is 9.97 Å². The summed E-state index contributed by atoms with van der Waals surface area (Å²) in [7, 11) is 0. The van der Waals surface area contributed by atoms with Crippen molar-refractivity contribution < 1.29 is 9.53 Å². The minimum absolute atomic E-state index is 0.0797. The molecule has 0 saturated carbocycles. The van der Waals surface area contributed by atoms with E-state index in [9.17, 15) is 4.79 Å². The number of amides is 1. The molecule has 8 heteroatoms. The average molecular weight is 257 g/mol. The van der Waals surface area contributed by atoms with Crippen LogP contribution in [0, 0.1) is 0 Å². The highest BCUT2D eigenvalue weighted by Gasteiger charge is 2.01. The molecule has 0 unspecified atom stereocenters. The Kier molecular flexibility index (Phi) is 5.50. The van der Waals surface area contributed by atoms with Gasteiger partial charge in [-0.25, -0.2) is 9.97 Å². The van der Waals surface area contributed by atoms with Crippen molar-refractivity contribution in [1.29, 1.82) is 0 Å². The molecule has 0 fully saturated rings. The van der Waals surface area contributed by atoms with Crippen LogP contribution in [0.15, 0.2) is 11.2 Å². The summed E-state index contributed by atoms with van der Waals surface area (Å²) in [5.74, 6) is 0.551. The van der Waals surface area contributed by atoms with Crippen LogP contribution in [0.3, 0.4) is 0 Å². The van der Waals surface area contributed by atoms with Gasteiger partial charge in [0.15, 0.2) is 5.16 Å². The number of thioether (sulfide) groups is 1. The van der Waals surface area contributed by atoms with Gasteiger partial charge in [0.2, 0.25) is 5.91 Å². The maximum Gasteiger partial charge on any atom is 0.243 e. The smallest absolute Gasteiger partial charge is 0.243 e. The fraction of sp³-hybridized carbons (Fsp3) is 0.444. The second-order valence-corrected chi connectivity index (χ2v) is 3.88. The number of rotatable bonds is 7. The van der Waals surface area contributed by atoms with Gasteiger partial charge in [-0.15, -0.1) is 0 Å². The molecule has 0 atom stereocenters. The molecule has 0 aromatic carbocycles. The number of anilines is 2. The third-order valence-corrected chi connectivity index (χ3v) is 2.25. The van der Waals surface area contributed by atoms with Gasteiger partial charge in [-0.3, -0.25) is 4.79 Å². The maximum atomic E-state index is 10.4. The number of nitrogen functional groups attached to an aromatic ring is 1. The monoisotopic (exact) mass is 257 g/mol. The molecule has 0 saturated heterocycles. The largest absolute Gasteiger partial charge is 0.383 e. The summed E-state index contributed by atoms with van der Waals surface area (Å²) in [5.41, 5.74) is 10.5. The second kappa shape index (κ2) is 6.92. The molecule has 0 bridgehead atoms. The molecule has 1 heterocycles. The van der Waals surface area contributed by atoms with Gasteiger partial charge in [0.05, 0.1) is 6.61 Å². The number of carbonyl (C=O) groups excluding carboxylic acids is 1. The zero-order valence-electron chi connectivity index (χ0n) is 9.47. The Morgan fingerprint density at radius 3 is 3.00 bits per heavy atom. The van der Waals surface area contributed by atoms with Crippen LogP contribution in [0.2, 0.25) is 0 Å². The zero-order valence-corrected chi connectivity index (χ0v) is 10.3. The number of carbonyl (C=O) groups is 1. The number of hydrogen-bond donors (Lipinski definition) is 3. The highest BCUT2D eigenvalue weighted by atomic mass is 32.2. The topological polar surface area (TPSA) is 116 Å². The Morgan fingerprint density at radius 1 is 1.59 bits per heavy atom. The molecule has 1 rings (SSSR count). The second-order valence-electron chi connectivity index (χ2n) is 3.11.